The molecule has 0 spiro atoms. The number of nitrogens with zero attached hydrogens (tertiary/aromatic N) is 2. The van der Waals surface area contributed by atoms with E-state index in [1.54, 1.807) is 24.4 Å². The van der Waals surface area contributed by atoms with E-state index in [1.165, 1.54) is 24.5 Å². The van der Waals surface area contributed by atoms with E-state index in [2.05, 4.69) is 35.4 Å². The first-order chi connectivity index (χ1) is 16.9. The number of carbonyl (C=O) groups is 1. The van der Waals surface area contributed by atoms with Crippen molar-refractivity contribution >= 4 is 17.3 Å². The van der Waals surface area contributed by atoms with Gasteiger partial charge in [0.15, 0.2) is 5.67 Å². The Morgan fingerprint density at radius 1 is 1.31 bits per heavy atom. The van der Waals surface area contributed by atoms with Crippen molar-refractivity contribution in [2.75, 3.05) is 33.4 Å². The summed E-state index contributed by atoms with van der Waals surface area (Å²) in [6.45, 7) is 5.03. The SMILES string of the molecule is COC(=O)[C@]1(CC2(F)COC2)C[C@@H](C(C)(C)C)CN(Cc2cnc(-c3ccccc3OC(F)F)s2)C1. The van der Waals surface area contributed by atoms with Gasteiger partial charge in [0.25, 0.3) is 0 Å². The minimum absolute atomic E-state index is 0.00969. The van der Waals surface area contributed by atoms with E-state index in [4.69, 9.17) is 9.47 Å². The highest BCUT2D eigenvalue weighted by Crippen LogP contribution is 2.48. The van der Waals surface area contributed by atoms with Gasteiger partial charge in [-0.15, -0.1) is 11.3 Å². The molecule has 1 aromatic heterocycles. The second-order valence-corrected chi connectivity index (χ2v) is 12.2. The van der Waals surface area contributed by atoms with Gasteiger partial charge in [0, 0.05) is 37.1 Å². The molecule has 4 rings (SSSR count). The van der Waals surface area contributed by atoms with Crippen LogP contribution in [0.15, 0.2) is 30.5 Å². The summed E-state index contributed by atoms with van der Waals surface area (Å²) in [5.74, 6) is -0.198. The Morgan fingerprint density at radius 2 is 2.03 bits per heavy atom. The van der Waals surface area contributed by atoms with Gasteiger partial charge >= 0.3 is 12.6 Å². The fourth-order valence-corrected chi connectivity index (χ4v) is 6.25. The molecule has 0 amide bonds. The fourth-order valence-electron chi connectivity index (χ4n) is 5.27. The summed E-state index contributed by atoms with van der Waals surface area (Å²) in [6.07, 6.45) is 2.32. The predicted molar refractivity (Wildman–Crippen MR) is 131 cm³/mol. The van der Waals surface area contributed by atoms with Crippen molar-refractivity contribution in [3.63, 3.8) is 0 Å². The third-order valence-electron chi connectivity index (χ3n) is 7.13. The number of methoxy groups -OCH3 is 1. The molecule has 3 heterocycles. The first-order valence-electron chi connectivity index (χ1n) is 12.0. The standard InChI is InChI=1S/C26H33F3N2O4S/c1-24(2,3)17-9-25(22(32)33-4,13-26(29)15-34-16-26)14-31(11-17)12-18-10-30-21(36-18)19-7-5-6-8-20(19)35-23(27)28/h5-8,10,17,23H,9,11-16H2,1-4H3/t17-,25+/m1/s1. The van der Waals surface area contributed by atoms with Crippen molar-refractivity contribution in [3.8, 4) is 16.3 Å². The summed E-state index contributed by atoms with van der Waals surface area (Å²) >= 11 is 1.38. The van der Waals surface area contributed by atoms with Crippen LogP contribution in [0.3, 0.4) is 0 Å². The summed E-state index contributed by atoms with van der Waals surface area (Å²) in [5.41, 5.74) is -2.14. The molecule has 2 aromatic rings. The van der Waals surface area contributed by atoms with Crippen LogP contribution in [0.1, 0.15) is 38.5 Å². The summed E-state index contributed by atoms with van der Waals surface area (Å²) in [5, 5.41) is 0.569. The maximum Gasteiger partial charge on any atom is 0.387 e. The zero-order valence-electron chi connectivity index (χ0n) is 21.1. The largest absolute Gasteiger partial charge is 0.469 e. The molecule has 2 atom stereocenters. The lowest BCUT2D eigenvalue weighted by atomic mass is 9.63. The third-order valence-corrected chi connectivity index (χ3v) is 8.14. The minimum atomic E-state index is -2.93. The number of carbonyl (C=O) groups excluding carboxylic acids is 1. The minimum Gasteiger partial charge on any atom is -0.469 e. The van der Waals surface area contributed by atoms with Crippen molar-refractivity contribution in [3.05, 3.63) is 35.3 Å². The van der Waals surface area contributed by atoms with Crippen LogP contribution in [0.25, 0.3) is 10.6 Å². The number of ether oxygens (including phenoxy) is 3. The van der Waals surface area contributed by atoms with Crippen LogP contribution in [-0.2, 0) is 20.8 Å². The van der Waals surface area contributed by atoms with E-state index in [0.717, 1.165) is 11.4 Å². The molecule has 198 valence electrons. The molecule has 6 nitrogen and oxygen atoms in total. The van der Waals surface area contributed by atoms with Crippen molar-refractivity contribution < 1.29 is 32.2 Å². The van der Waals surface area contributed by atoms with Crippen molar-refractivity contribution in [2.24, 2.45) is 16.7 Å². The van der Waals surface area contributed by atoms with E-state index in [1.807, 2.05) is 0 Å². The van der Waals surface area contributed by atoms with Crippen LogP contribution in [0.2, 0.25) is 0 Å². The van der Waals surface area contributed by atoms with Gasteiger partial charge in [0.1, 0.15) is 10.8 Å². The van der Waals surface area contributed by atoms with Gasteiger partial charge in [-0.1, -0.05) is 32.9 Å². The van der Waals surface area contributed by atoms with Crippen LogP contribution in [0.4, 0.5) is 13.2 Å². The van der Waals surface area contributed by atoms with Crippen LogP contribution in [-0.4, -0.2) is 61.5 Å². The van der Waals surface area contributed by atoms with E-state index in [-0.39, 0.29) is 36.7 Å². The van der Waals surface area contributed by atoms with E-state index < -0.39 is 23.7 Å². The Bertz CT molecular complexity index is 1070. The molecule has 2 fully saturated rings. The number of para-hydroxylation sites is 1. The second kappa shape index (κ2) is 10.3. The quantitative estimate of drug-likeness (QED) is 0.420. The molecule has 10 heteroatoms. The molecular weight excluding hydrogens is 493 g/mol. The number of esters is 1. The number of alkyl halides is 3. The molecule has 0 bridgehead atoms. The van der Waals surface area contributed by atoms with Gasteiger partial charge in [-0.3, -0.25) is 9.69 Å². The average molecular weight is 527 g/mol. The van der Waals surface area contributed by atoms with E-state index >= 15 is 4.39 Å². The van der Waals surface area contributed by atoms with E-state index in [0.29, 0.717) is 30.1 Å². The first-order valence-corrected chi connectivity index (χ1v) is 12.8. The Morgan fingerprint density at radius 3 is 2.64 bits per heavy atom. The molecule has 1 aromatic carbocycles. The van der Waals surface area contributed by atoms with E-state index in [9.17, 15) is 13.6 Å². The number of thiazole rings is 1. The number of likely N-dealkylation sites (tertiary alicyclic amines) is 1. The molecule has 2 saturated heterocycles. The molecule has 36 heavy (non-hydrogen) atoms. The van der Waals surface area contributed by atoms with Crippen molar-refractivity contribution in [2.45, 2.75) is 52.4 Å². The zero-order valence-corrected chi connectivity index (χ0v) is 21.9. The van der Waals surface area contributed by atoms with Crippen LogP contribution in [0.5, 0.6) is 5.75 Å². The number of benzene rings is 1. The average Bonchev–Trinajstić information content (AvgIpc) is 3.24. The van der Waals surface area contributed by atoms with Gasteiger partial charge in [-0.05, 0) is 29.9 Å². The lowest BCUT2D eigenvalue weighted by Crippen LogP contribution is -2.59. The van der Waals surface area contributed by atoms with Crippen LogP contribution < -0.4 is 4.74 Å². The number of hydrogen-bond acceptors (Lipinski definition) is 7. The number of halogens is 3. The third kappa shape index (κ3) is 5.86. The molecule has 2 aliphatic heterocycles. The van der Waals surface area contributed by atoms with Gasteiger partial charge in [-0.25, -0.2) is 9.37 Å². The topological polar surface area (TPSA) is 60.9 Å². The lowest BCUT2D eigenvalue weighted by molar-refractivity contribution is -0.183. The highest BCUT2D eigenvalue weighted by Gasteiger charge is 2.55. The van der Waals surface area contributed by atoms with Gasteiger partial charge in [0.05, 0.1) is 31.3 Å². The van der Waals surface area contributed by atoms with Crippen molar-refractivity contribution in [1.29, 1.82) is 0 Å². The highest BCUT2D eigenvalue weighted by atomic mass is 32.1. The van der Waals surface area contributed by atoms with Crippen LogP contribution in [0, 0.1) is 16.7 Å². The maximum atomic E-state index is 15.3. The molecule has 0 N–H and O–H groups in total. The molecule has 0 radical (unpaired) electrons. The lowest BCUT2D eigenvalue weighted by Gasteiger charge is -2.51. The fraction of sp³-hybridized carbons (Fsp3) is 0.615. The Kier molecular flexibility index (Phi) is 7.69. The predicted octanol–water partition coefficient (Wildman–Crippen LogP) is 5.57. The zero-order chi connectivity index (χ0) is 26.1. The Hall–Kier alpha value is -2.17. The maximum absolute atomic E-state index is 15.3. The Balaban J connectivity index is 1.60. The molecular formula is C26H33F3N2O4S. The molecule has 0 unspecified atom stereocenters. The number of hydrogen-bond donors (Lipinski definition) is 0. The van der Waals surface area contributed by atoms with Crippen molar-refractivity contribution in [1.82, 2.24) is 9.88 Å². The van der Waals surface area contributed by atoms with Gasteiger partial charge < -0.3 is 14.2 Å². The first kappa shape index (κ1) is 26.9. The molecule has 0 aliphatic carbocycles. The van der Waals surface area contributed by atoms with Crippen LogP contribution >= 0.6 is 11.3 Å². The van der Waals surface area contributed by atoms with Gasteiger partial charge in [-0.2, -0.15) is 8.78 Å². The second-order valence-electron chi connectivity index (χ2n) is 11.0. The Labute approximate surface area is 213 Å². The normalized spacial score (nSPS) is 24.4. The summed E-state index contributed by atoms with van der Waals surface area (Å²) in [6, 6.07) is 6.56. The smallest absolute Gasteiger partial charge is 0.387 e. The van der Waals surface area contributed by atoms with Gasteiger partial charge in [0.2, 0.25) is 0 Å². The molecule has 0 saturated carbocycles. The summed E-state index contributed by atoms with van der Waals surface area (Å²) in [4.78, 5) is 20.7. The summed E-state index contributed by atoms with van der Waals surface area (Å²) < 4.78 is 56.0. The number of piperidine rings is 1. The monoisotopic (exact) mass is 526 g/mol. The number of aromatic nitrogens is 1. The highest BCUT2D eigenvalue weighted by molar-refractivity contribution is 7.15. The molecule has 2 aliphatic rings. The summed E-state index contributed by atoms with van der Waals surface area (Å²) in [7, 11) is 1.35. The number of rotatable bonds is 8.